The van der Waals surface area contributed by atoms with Crippen molar-refractivity contribution in [1.82, 2.24) is 41.3 Å². The van der Waals surface area contributed by atoms with Crippen LogP contribution in [0.15, 0.2) is 54.6 Å². The number of likely N-dealkylation sites (N-methyl/N-ethyl adjacent to an activating group) is 2. The van der Waals surface area contributed by atoms with Crippen molar-refractivity contribution in [3.05, 3.63) is 65.7 Å². The predicted octanol–water partition coefficient (Wildman–Crippen LogP) is 6.56. The molecule has 1 heterocycles. The lowest BCUT2D eigenvalue weighted by Crippen LogP contribution is -2.63. The molecule has 2 aromatic carbocycles. The van der Waals surface area contributed by atoms with E-state index >= 15 is 0 Å². The van der Waals surface area contributed by atoms with Gasteiger partial charge in [0.05, 0.1) is 48.3 Å². The van der Waals surface area contributed by atoms with E-state index in [1.807, 2.05) is 59.7 Å². The molecule has 12 atom stereocenters. The number of carbonyl (C=O) groups is 9. The average molecular weight is 1240 g/mol. The van der Waals surface area contributed by atoms with E-state index in [1.54, 1.807) is 94.8 Å². The van der Waals surface area contributed by atoms with Gasteiger partial charge in [-0.05, 0) is 92.9 Å². The van der Waals surface area contributed by atoms with Crippen LogP contribution in [0.2, 0.25) is 0 Å². The second kappa shape index (κ2) is 36.6. The standard InChI is InChI=1S/C65H106N10O13/c1-17-19-21-30-50(76)71-52(39(3)4)60(81)70-48(28-24-35-67-63(66)84)59(80)69-47-33-31-45(32-34-47)38-88-64(85)73(13)54(41(7)8)61(82)72-53(40(5)6)62(83)74(14)57(42(9)18-2)65(12,87-16)37-51(77)75-36-25-29-49(75)56(86-15)43(10)58(79)68-44(11)55(78)46-26-22-20-23-27-46/h20,22-23,26-27,31-34,39-44,48-49,52-57,78H,17-19,21,24-25,28-30,35-38H2,1-16H3,(H,68,79)(H,69,80)(H,70,81)(H,71,76)(H,72,82)(H3,66,67,84)/t42-,43+,44+,48?,49-,52+,53?,54+,55+,56?,57?,65?/m0/s1. The summed E-state index contributed by atoms with van der Waals surface area (Å²) in [7, 11) is 6.13. The highest BCUT2D eigenvalue weighted by molar-refractivity contribution is 5.98. The summed E-state index contributed by atoms with van der Waals surface area (Å²) in [5.41, 5.74) is 5.59. The molecular formula is C65H106N10O13. The number of nitrogens with zero attached hydrogens (tertiary/aromatic N) is 3. The number of unbranched alkanes of at least 4 members (excludes halogenated alkanes) is 2. The van der Waals surface area contributed by atoms with E-state index in [1.165, 1.54) is 26.2 Å². The number of carbonyl (C=O) groups excluding carboxylic acids is 9. The molecule has 1 aliphatic rings. The van der Waals surface area contributed by atoms with Gasteiger partial charge in [-0.15, -0.1) is 0 Å². The van der Waals surface area contributed by atoms with Gasteiger partial charge in [0.1, 0.15) is 30.8 Å². The van der Waals surface area contributed by atoms with Gasteiger partial charge in [0, 0.05) is 53.5 Å². The van der Waals surface area contributed by atoms with Gasteiger partial charge < -0.3 is 66.8 Å². The van der Waals surface area contributed by atoms with Crippen LogP contribution in [0.3, 0.4) is 0 Å². The SMILES string of the molecule is CCCCCC(=O)N[C@@H](C(=O)NC(CCCNC(N)=O)C(=O)Nc1ccc(COC(=O)N(C)[C@@H](C(=O)NC(C(=O)N(C)C([C@@H](C)CC)C(C)(CC(=O)N2CCC[C@H]2C(OC)[C@@H](C)C(=O)N[C@H](C)[C@@H](O)c2ccccc2)OC)C(C)C)C(C)C)cc1)C(C)C. The second-order valence-electron chi connectivity index (χ2n) is 24.9. The van der Waals surface area contributed by atoms with Crippen LogP contribution in [0.25, 0.3) is 0 Å². The predicted molar refractivity (Wildman–Crippen MR) is 338 cm³/mol. The van der Waals surface area contributed by atoms with Gasteiger partial charge in [-0.3, -0.25) is 38.5 Å². The van der Waals surface area contributed by atoms with E-state index in [2.05, 4.69) is 31.9 Å². The Labute approximate surface area is 522 Å². The Hall–Kier alpha value is -6.85. The van der Waals surface area contributed by atoms with E-state index in [9.17, 15) is 48.3 Å². The number of methoxy groups -OCH3 is 2. The number of amides is 10. The topological polar surface area (TPSA) is 309 Å². The molecule has 23 nitrogen and oxygen atoms in total. The summed E-state index contributed by atoms with van der Waals surface area (Å²) in [6.07, 6.45) is 2.57. The Kier molecular flexibility index (Phi) is 31.3. The zero-order valence-corrected chi connectivity index (χ0v) is 55.2. The zero-order valence-electron chi connectivity index (χ0n) is 55.2. The fraction of sp³-hybridized carbons (Fsp3) is 0.677. The molecule has 0 bridgehead atoms. The van der Waals surface area contributed by atoms with E-state index in [0.717, 1.165) is 12.8 Å². The van der Waals surface area contributed by atoms with Crippen LogP contribution in [0.5, 0.6) is 0 Å². The van der Waals surface area contributed by atoms with Gasteiger partial charge >= 0.3 is 12.1 Å². The maximum Gasteiger partial charge on any atom is 0.410 e. The lowest BCUT2D eigenvalue weighted by atomic mass is 9.80. The molecule has 494 valence electrons. The van der Waals surface area contributed by atoms with Gasteiger partial charge in [0.15, 0.2) is 0 Å². The van der Waals surface area contributed by atoms with Crippen LogP contribution in [0.4, 0.5) is 15.3 Å². The Morgan fingerprint density at radius 2 is 1.39 bits per heavy atom. The minimum absolute atomic E-state index is 0.116. The van der Waals surface area contributed by atoms with Crippen molar-refractivity contribution in [2.24, 2.45) is 35.3 Å². The van der Waals surface area contributed by atoms with Crippen molar-refractivity contribution in [3.8, 4) is 0 Å². The monoisotopic (exact) mass is 1230 g/mol. The van der Waals surface area contributed by atoms with Crippen molar-refractivity contribution in [2.45, 2.75) is 214 Å². The number of ether oxygens (including phenoxy) is 3. The van der Waals surface area contributed by atoms with Crippen molar-refractivity contribution < 1.29 is 62.5 Å². The highest BCUT2D eigenvalue weighted by atomic mass is 16.6. The molecule has 88 heavy (non-hydrogen) atoms. The normalized spacial score (nSPS) is 17.4. The third-order valence-electron chi connectivity index (χ3n) is 17.0. The number of aliphatic hydroxyl groups excluding tert-OH is 1. The summed E-state index contributed by atoms with van der Waals surface area (Å²) >= 11 is 0. The number of nitrogens with two attached hydrogens (primary N) is 1. The number of rotatable bonds is 36. The molecule has 10 amide bonds. The molecule has 0 aliphatic carbocycles. The molecule has 0 aromatic heterocycles. The first-order chi connectivity index (χ1) is 41.5. The summed E-state index contributed by atoms with van der Waals surface area (Å²) in [5, 5.41) is 27.8. The number of nitrogens with one attached hydrogen (secondary N) is 6. The van der Waals surface area contributed by atoms with E-state index in [-0.39, 0.29) is 62.0 Å². The summed E-state index contributed by atoms with van der Waals surface area (Å²) < 4.78 is 18.0. The van der Waals surface area contributed by atoms with E-state index in [0.29, 0.717) is 55.5 Å². The van der Waals surface area contributed by atoms with Crippen LogP contribution in [0.1, 0.15) is 165 Å². The van der Waals surface area contributed by atoms with Crippen molar-refractivity contribution in [3.63, 3.8) is 0 Å². The summed E-state index contributed by atoms with van der Waals surface area (Å²) in [6.45, 7) is 22.4. The Bertz CT molecular complexity index is 2570. The first-order valence-corrected chi connectivity index (χ1v) is 31.4. The molecule has 1 saturated heterocycles. The van der Waals surface area contributed by atoms with E-state index < -0.39 is 114 Å². The molecule has 1 fully saturated rings. The number of hydrogen-bond donors (Lipinski definition) is 8. The summed E-state index contributed by atoms with van der Waals surface area (Å²) in [4.78, 5) is 127. The maximum absolute atomic E-state index is 14.9. The number of likely N-dealkylation sites (tertiary alicyclic amines) is 1. The van der Waals surface area contributed by atoms with Crippen molar-refractivity contribution in [1.29, 1.82) is 0 Å². The van der Waals surface area contributed by atoms with Crippen molar-refractivity contribution in [2.75, 3.05) is 46.7 Å². The van der Waals surface area contributed by atoms with E-state index in [4.69, 9.17) is 19.9 Å². The quantitative estimate of drug-likeness (QED) is 0.0336. The molecule has 0 radical (unpaired) electrons. The number of aliphatic hydroxyl groups is 1. The van der Waals surface area contributed by atoms with Crippen LogP contribution >= 0.6 is 0 Å². The largest absolute Gasteiger partial charge is 0.445 e. The van der Waals surface area contributed by atoms with Crippen molar-refractivity contribution >= 4 is 59.2 Å². The highest BCUT2D eigenvalue weighted by Crippen LogP contribution is 2.35. The second-order valence-corrected chi connectivity index (χ2v) is 24.9. The maximum atomic E-state index is 14.9. The number of benzene rings is 2. The molecule has 9 N–H and O–H groups in total. The fourth-order valence-corrected chi connectivity index (χ4v) is 11.6. The highest BCUT2D eigenvalue weighted by Gasteiger charge is 2.48. The summed E-state index contributed by atoms with van der Waals surface area (Å²) in [6, 6.07) is 9.05. The summed E-state index contributed by atoms with van der Waals surface area (Å²) in [5.74, 6) is -4.90. The third kappa shape index (κ3) is 22.0. The van der Waals surface area contributed by atoms with Gasteiger partial charge in [-0.2, -0.15) is 0 Å². The number of hydrogen-bond acceptors (Lipinski definition) is 13. The first kappa shape index (κ1) is 75.4. The molecule has 3 rings (SSSR count). The smallest absolute Gasteiger partial charge is 0.410 e. The van der Waals surface area contributed by atoms with Gasteiger partial charge in [0.2, 0.25) is 41.4 Å². The zero-order chi connectivity index (χ0) is 66.2. The van der Waals surface area contributed by atoms with Gasteiger partial charge in [-0.1, -0.05) is 131 Å². The average Bonchev–Trinajstić information content (AvgIpc) is 1.33. The molecular weight excluding hydrogens is 1130 g/mol. The van der Waals surface area contributed by atoms with Crippen LogP contribution in [-0.4, -0.2) is 169 Å². The number of urea groups is 1. The Morgan fingerprint density at radius 1 is 0.750 bits per heavy atom. The number of primary amides is 1. The minimum atomic E-state index is -1.23. The Morgan fingerprint density at radius 3 is 1.94 bits per heavy atom. The minimum Gasteiger partial charge on any atom is -0.445 e. The third-order valence-corrected chi connectivity index (χ3v) is 17.0. The van der Waals surface area contributed by atoms with Crippen LogP contribution in [-0.2, 0) is 54.4 Å². The van der Waals surface area contributed by atoms with Crippen LogP contribution < -0.4 is 37.6 Å². The van der Waals surface area contributed by atoms with Gasteiger partial charge in [0.25, 0.3) is 0 Å². The number of anilines is 1. The Balaban J connectivity index is 1.73. The molecule has 0 saturated carbocycles. The lowest BCUT2D eigenvalue weighted by Gasteiger charge is -2.46. The molecule has 5 unspecified atom stereocenters. The lowest BCUT2D eigenvalue weighted by molar-refractivity contribution is -0.157. The molecule has 1 aliphatic heterocycles. The molecule has 0 spiro atoms. The molecule has 23 heteroatoms. The first-order valence-electron chi connectivity index (χ1n) is 31.4. The molecule has 2 aromatic rings. The van der Waals surface area contributed by atoms with Crippen LogP contribution in [0, 0.1) is 29.6 Å². The fourth-order valence-electron chi connectivity index (χ4n) is 11.6. The van der Waals surface area contributed by atoms with Gasteiger partial charge in [-0.25, -0.2) is 9.59 Å².